The molecule has 5 nitrogen and oxygen atoms in total. The number of hydrogen-bond acceptors (Lipinski definition) is 3. The molecule has 0 aliphatic rings. The Balaban J connectivity index is 0.00000104. The van der Waals surface area contributed by atoms with Crippen LogP contribution in [0.25, 0.3) is 27.7 Å². The fraction of sp³-hybridized carbons (Fsp3) is 0.0556. The summed E-state index contributed by atoms with van der Waals surface area (Å²) in [6, 6.07) is 15.7. The molecule has 0 aliphatic heterocycles. The van der Waals surface area contributed by atoms with Gasteiger partial charge in [-0.3, -0.25) is 0 Å². The van der Waals surface area contributed by atoms with Crippen molar-refractivity contribution < 1.29 is 32.7 Å². The van der Waals surface area contributed by atoms with Crippen molar-refractivity contribution in [1.82, 2.24) is 15.0 Å². The monoisotopic (exact) mass is 392 g/mol. The van der Waals surface area contributed by atoms with Crippen molar-refractivity contribution in [3.05, 3.63) is 73.6 Å². The zero-order valence-corrected chi connectivity index (χ0v) is 16.2. The standard InChI is InChI=1S/C17H14N5.CH3.Y/c18-17-7-5-12-13(2-1-3-14(12)22-17)19-9-11-4-6-15-16(8-11)21-10-20-15;;/h1-8,10,19H,9H2,(H2-,18,20,21,22);1H3;/q2*-1;. The number of fused-ring (bicyclic) bond motifs is 2. The summed E-state index contributed by atoms with van der Waals surface area (Å²) in [5.74, 6) is 0.286. The molecule has 0 bridgehead atoms. The van der Waals surface area contributed by atoms with Crippen LogP contribution < -0.4 is 5.32 Å². The van der Waals surface area contributed by atoms with Crippen LogP contribution >= 0.6 is 0 Å². The van der Waals surface area contributed by atoms with Gasteiger partial charge < -0.3 is 28.4 Å². The molecule has 2 aromatic heterocycles. The van der Waals surface area contributed by atoms with Gasteiger partial charge in [-0.1, -0.05) is 36.1 Å². The Morgan fingerprint density at radius 1 is 1.04 bits per heavy atom. The Hall–Kier alpha value is -1.98. The van der Waals surface area contributed by atoms with Gasteiger partial charge in [-0.2, -0.15) is 0 Å². The fourth-order valence-electron chi connectivity index (χ4n) is 2.60. The number of rotatable bonds is 3. The number of benzene rings is 2. The Labute approximate surface area is 166 Å². The van der Waals surface area contributed by atoms with Crippen LogP contribution in [0.5, 0.6) is 0 Å². The first-order valence-corrected chi connectivity index (χ1v) is 7.07. The number of nitrogens with zero attached hydrogens (tertiary/aromatic N) is 2. The first-order valence-electron chi connectivity index (χ1n) is 7.07. The summed E-state index contributed by atoms with van der Waals surface area (Å²) >= 11 is 0. The molecule has 1 radical (unpaired) electrons. The summed E-state index contributed by atoms with van der Waals surface area (Å²) < 4.78 is 0. The molecule has 0 saturated heterocycles. The zero-order chi connectivity index (χ0) is 14.9. The number of pyridine rings is 1. The predicted molar refractivity (Wildman–Crippen MR) is 95.6 cm³/mol. The summed E-state index contributed by atoms with van der Waals surface area (Å²) in [5, 5.41) is 4.47. The first kappa shape index (κ1) is 18.4. The molecule has 119 valence electrons. The number of aromatic nitrogens is 3. The molecule has 0 amide bonds. The molecule has 4 rings (SSSR count). The summed E-state index contributed by atoms with van der Waals surface area (Å²) in [7, 11) is 0. The van der Waals surface area contributed by atoms with Crippen LogP contribution in [0.4, 0.5) is 11.5 Å². The van der Waals surface area contributed by atoms with E-state index in [-0.39, 0.29) is 46.0 Å². The van der Waals surface area contributed by atoms with Crippen molar-refractivity contribution >= 4 is 33.4 Å². The average Bonchev–Trinajstić information content (AvgIpc) is 3.00. The first-order chi connectivity index (χ1) is 10.8. The smallest absolute Gasteiger partial charge is 0.0931 e. The summed E-state index contributed by atoms with van der Waals surface area (Å²) in [4.78, 5) is 11.6. The minimum Gasteiger partial charge on any atom is -0.482 e. The molecule has 0 atom stereocenters. The van der Waals surface area contributed by atoms with Gasteiger partial charge in [0.25, 0.3) is 0 Å². The van der Waals surface area contributed by atoms with E-state index in [9.17, 15) is 0 Å². The number of aromatic amines is 1. The van der Waals surface area contributed by atoms with Crippen LogP contribution in [-0.4, -0.2) is 15.0 Å². The van der Waals surface area contributed by atoms with Crippen LogP contribution in [-0.2, 0) is 39.3 Å². The van der Waals surface area contributed by atoms with Gasteiger partial charge in [-0.05, 0) is 29.3 Å². The average molecular weight is 392 g/mol. The minimum atomic E-state index is 0. The molecular formula is C18H17N5Y-2. The van der Waals surface area contributed by atoms with Crippen molar-refractivity contribution in [3.63, 3.8) is 0 Å². The van der Waals surface area contributed by atoms with Crippen molar-refractivity contribution in [2.45, 2.75) is 6.54 Å². The van der Waals surface area contributed by atoms with E-state index >= 15 is 0 Å². The predicted octanol–water partition coefficient (Wildman–Crippen LogP) is 4.85. The molecule has 6 heteroatoms. The molecule has 2 aromatic carbocycles. The van der Waals surface area contributed by atoms with Gasteiger partial charge in [0, 0.05) is 50.3 Å². The Morgan fingerprint density at radius 2 is 1.92 bits per heavy atom. The van der Waals surface area contributed by atoms with Crippen LogP contribution in [0.2, 0.25) is 0 Å². The van der Waals surface area contributed by atoms with E-state index in [0.717, 1.165) is 34.2 Å². The molecule has 0 fully saturated rings. The van der Waals surface area contributed by atoms with Gasteiger partial charge in [0.2, 0.25) is 0 Å². The van der Waals surface area contributed by atoms with Gasteiger partial charge in [-0.25, -0.2) is 4.98 Å². The van der Waals surface area contributed by atoms with Crippen molar-refractivity contribution in [3.8, 4) is 0 Å². The van der Waals surface area contributed by atoms with Gasteiger partial charge >= 0.3 is 0 Å². The zero-order valence-electron chi connectivity index (χ0n) is 13.4. The molecule has 3 N–H and O–H groups in total. The Kier molecular flexibility index (Phi) is 5.91. The van der Waals surface area contributed by atoms with E-state index in [1.54, 1.807) is 12.4 Å². The normalized spacial score (nSPS) is 10.2. The van der Waals surface area contributed by atoms with E-state index in [1.165, 1.54) is 5.56 Å². The molecule has 2 heterocycles. The molecule has 0 saturated carbocycles. The second kappa shape index (κ2) is 7.73. The molecule has 0 spiro atoms. The number of nitrogens with one attached hydrogen (secondary N) is 3. The summed E-state index contributed by atoms with van der Waals surface area (Å²) in [5.41, 5.74) is 12.7. The van der Waals surface area contributed by atoms with E-state index in [4.69, 9.17) is 5.73 Å². The maximum atomic E-state index is 7.60. The quantitative estimate of drug-likeness (QED) is 0.489. The van der Waals surface area contributed by atoms with Gasteiger partial charge in [-0.15, -0.1) is 0 Å². The second-order valence-corrected chi connectivity index (χ2v) is 5.18. The SMILES string of the molecule is [CH3-].[NH-]c1ccc2c(NCc3ccc4nc[nH]c4c3)cccc2n1.[Y]. The molecular weight excluding hydrogens is 375 g/mol. The minimum absolute atomic E-state index is 0. The molecule has 24 heavy (non-hydrogen) atoms. The van der Waals surface area contributed by atoms with E-state index in [0.29, 0.717) is 0 Å². The summed E-state index contributed by atoms with van der Waals surface area (Å²) in [6.07, 6.45) is 1.71. The van der Waals surface area contributed by atoms with Crippen LogP contribution in [0, 0.1) is 7.43 Å². The van der Waals surface area contributed by atoms with E-state index in [1.807, 2.05) is 30.3 Å². The number of anilines is 1. The fourth-order valence-corrected chi connectivity index (χ4v) is 2.60. The Morgan fingerprint density at radius 3 is 2.79 bits per heavy atom. The molecule has 0 aliphatic carbocycles. The van der Waals surface area contributed by atoms with Crippen LogP contribution in [0.3, 0.4) is 0 Å². The maximum absolute atomic E-state index is 7.60. The summed E-state index contributed by atoms with van der Waals surface area (Å²) in [6.45, 7) is 0.719. The van der Waals surface area contributed by atoms with Crippen molar-refractivity contribution in [2.75, 3.05) is 5.32 Å². The topological polar surface area (TPSA) is 77.4 Å². The third kappa shape index (κ3) is 3.57. The van der Waals surface area contributed by atoms with E-state index in [2.05, 4.69) is 32.4 Å². The molecule has 4 aromatic rings. The van der Waals surface area contributed by atoms with Crippen molar-refractivity contribution in [1.29, 1.82) is 0 Å². The van der Waals surface area contributed by atoms with Gasteiger partial charge in [0.05, 0.1) is 17.4 Å². The molecule has 0 unspecified atom stereocenters. The number of H-pyrrole nitrogens is 1. The van der Waals surface area contributed by atoms with E-state index < -0.39 is 0 Å². The van der Waals surface area contributed by atoms with Gasteiger partial charge in [0.15, 0.2) is 0 Å². The van der Waals surface area contributed by atoms with Crippen LogP contribution in [0.15, 0.2) is 54.9 Å². The third-order valence-electron chi connectivity index (χ3n) is 3.70. The van der Waals surface area contributed by atoms with Crippen LogP contribution in [0.1, 0.15) is 5.56 Å². The Bertz CT molecular complexity index is 964. The maximum Gasteiger partial charge on any atom is 0.0931 e. The number of hydrogen-bond donors (Lipinski definition) is 2. The van der Waals surface area contributed by atoms with Crippen molar-refractivity contribution in [2.24, 2.45) is 0 Å². The number of imidazole rings is 1. The van der Waals surface area contributed by atoms with Gasteiger partial charge in [0.1, 0.15) is 0 Å². The largest absolute Gasteiger partial charge is 0.482 e. The second-order valence-electron chi connectivity index (χ2n) is 5.18. The third-order valence-corrected chi connectivity index (χ3v) is 3.70.